The Balaban J connectivity index is 2.20. The zero-order valence-corrected chi connectivity index (χ0v) is 11.3. The zero-order chi connectivity index (χ0) is 13.4. The number of hydrogen-bond donors (Lipinski definition) is 1. The first kappa shape index (κ1) is 12.4. The van der Waals surface area contributed by atoms with Gasteiger partial charge in [-0.3, -0.25) is 4.68 Å². The van der Waals surface area contributed by atoms with Crippen LogP contribution in [0.5, 0.6) is 5.75 Å². The summed E-state index contributed by atoms with van der Waals surface area (Å²) in [6.45, 7) is 3.36. The molecule has 2 heterocycles. The van der Waals surface area contributed by atoms with Gasteiger partial charge in [0, 0.05) is 30.5 Å². The van der Waals surface area contributed by atoms with Crippen LogP contribution in [0.1, 0.15) is 25.0 Å². The van der Waals surface area contributed by atoms with Crippen LogP contribution in [-0.4, -0.2) is 29.5 Å². The summed E-state index contributed by atoms with van der Waals surface area (Å²) < 4.78 is 13.3. The largest absolute Gasteiger partial charge is 0.493 e. The number of fused-ring (bicyclic) bond motifs is 3. The first-order chi connectivity index (χ1) is 9.20. The number of rotatable bonds is 3. The fraction of sp³-hybridized carbons (Fsp3) is 0.500. The molecule has 1 aliphatic heterocycles. The minimum Gasteiger partial charge on any atom is -0.493 e. The van der Waals surface area contributed by atoms with Crippen LogP contribution in [-0.2, 0) is 11.3 Å². The second-order valence-corrected chi connectivity index (χ2v) is 5.08. The minimum atomic E-state index is 0.0597. The average Bonchev–Trinajstić information content (AvgIpc) is 2.80. The molecule has 0 saturated carbocycles. The molecule has 0 amide bonds. The number of hydrogen-bond acceptors (Lipinski definition) is 4. The Bertz CT molecular complexity index is 592. The fourth-order valence-corrected chi connectivity index (χ4v) is 2.69. The van der Waals surface area contributed by atoms with Crippen LogP contribution >= 0.6 is 0 Å². The van der Waals surface area contributed by atoms with Gasteiger partial charge < -0.3 is 15.2 Å². The van der Waals surface area contributed by atoms with Crippen LogP contribution in [0.2, 0.25) is 0 Å². The van der Waals surface area contributed by atoms with E-state index in [0.29, 0.717) is 13.2 Å². The molecule has 0 spiro atoms. The first-order valence-electron chi connectivity index (χ1n) is 6.60. The van der Waals surface area contributed by atoms with Crippen LogP contribution in [0.15, 0.2) is 18.3 Å². The van der Waals surface area contributed by atoms with Crippen molar-refractivity contribution in [3.05, 3.63) is 23.9 Å². The van der Waals surface area contributed by atoms with Crippen molar-refractivity contribution in [1.29, 1.82) is 0 Å². The van der Waals surface area contributed by atoms with Gasteiger partial charge >= 0.3 is 0 Å². The van der Waals surface area contributed by atoms with Crippen LogP contribution in [0.25, 0.3) is 10.9 Å². The van der Waals surface area contributed by atoms with E-state index >= 15 is 0 Å². The summed E-state index contributed by atoms with van der Waals surface area (Å²) in [6.07, 6.45) is 2.81. The van der Waals surface area contributed by atoms with Crippen molar-refractivity contribution in [3.63, 3.8) is 0 Å². The van der Waals surface area contributed by atoms with E-state index in [9.17, 15) is 0 Å². The smallest absolute Gasteiger partial charge is 0.127 e. The Kier molecular flexibility index (Phi) is 3.16. The lowest BCUT2D eigenvalue weighted by molar-refractivity contribution is 0.0646. The maximum atomic E-state index is 5.89. The van der Waals surface area contributed by atoms with Gasteiger partial charge in [0.1, 0.15) is 5.75 Å². The minimum absolute atomic E-state index is 0.0597. The zero-order valence-electron chi connectivity index (χ0n) is 11.3. The van der Waals surface area contributed by atoms with E-state index in [0.717, 1.165) is 28.6 Å². The second-order valence-electron chi connectivity index (χ2n) is 5.08. The molecule has 3 rings (SSSR count). The van der Waals surface area contributed by atoms with E-state index in [1.165, 1.54) is 0 Å². The van der Waals surface area contributed by atoms with Crippen molar-refractivity contribution in [1.82, 2.24) is 9.78 Å². The molecule has 0 radical (unpaired) electrons. The highest BCUT2D eigenvalue weighted by Gasteiger charge is 2.26. The number of nitrogens with two attached hydrogens (primary N) is 1. The Morgan fingerprint density at radius 2 is 2.42 bits per heavy atom. The van der Waals surface area contributed by atoms with Gasteiger partial charge in [0.2, 0.25) is 0 Å². The third-order valence-corrected chi connectivity index (χ3v) is 3.51. The summed E-state index contributed by atoms with van der Waals surface area (Å²) >= 11 is 0. The highest BCUT2D eigenvalue weighted by atomic mass is 16.5. The van der Waals surface area contributed by atoms with Gasteiger partial charge in [0.25, 0.3) is 0 Å². The molecule has 2 aromatic rings. The topological polar surface area (TPSA) is 62.3 Å². The lowest BCUT2D eigenvalue weighted by Crippen LogP contribution is -2.24. The van der Waals surface area contributed by atoms with Crippen LogP contribution in [0, 0.1) is 0 Å². The summed E-state index contributed by atoms with van der Waals surface area (Å²) in [5.74, 6) is 0.900. The molecule has 0 bridgehead atoms. The van der Waals surface area contributed by atoms with Gasteiger partial charge in [-0.25, -0.2) is 0 Å². The Morgan fingerprint density at radius 3 is 3.16 bits per heavy atom. The normalized spacial score (nSPS) is 20.1. The van der Waals surface area contributed by atoms with Gasteiger partial charge in [-0.15, -0.1) is 0 Å². The van der Waals surface area contributed by atoms with Crippen molar-refractivity contribution in [2.45, 2.75) is 32.0 Å². The van der Waals surface area contributed by atoms with E-state index in [4.69, 9.17) is 15.2 Å². The number of benzene rings is 1. The number of ether oxygens (including phenoxy) is 2. The summed E-state index contributed by atoms with van der Waals surface area (Å²) in [7, 11) is 1.74. The van der Waals surface area contributed by atoms with Gasteiger partial charge in [-0.05, 0) is 19.1 Å². The molecule has 2 atom stereocenters. The number of methoxy groups -OCH3 is 1. The van der Waals surface area contributed by atoms with Crippen molar-refractivity contribution in [2.75, 3.05) is 13.7 Å². The van der Waals surface area contributed by atoms with E-state index in [2.05, 4.69) is 5.10 Å². The summed E-state index contributed by atoms with van der Waals surface area (Å²) in [5, 5.41) is 5.54. The maximum absolute atomic E-state index is 5.89. The molecule has 5 heteroatoms. The van der Waals surface area contributed by atoms with Crippen LogP contribution in [0.4, 0.5) is 0 Å². The van der Waals surface area contributed by atoms with E-state index in [-0.39, 0.29) is 12.1 Å². The third kappa shape index (κ3) is 2.09. The van der Waals surface area contributed by atoms with Crippen molar-refractivity contribution < 1.29 is 9.47 Å². The molecule has 0 saturated heterocycles. The quantitative estimate of drug-likeness (QED) is 0.916. The fourth-order valence-electron chi connectivity index (χ4n) is 2.69. The molecular formula is C14H19N3O2. The van der Waals surface area contributed by atoms with Gasteiger partial charge in [-0.1, -0.05) is 0 Å². The predicted molar refractivity (Wildman–Crippen MR) is 73.2 cm³/mol. The maximum Gasteiger partial charge on any atom is 0.127 e. The molecule has 1 unspecified atom stereocenters. The van der Waals surface area contributed by atoms with Gasteiger partial charge in [0.05, 0.1) is 31.0 Å². The molecule has 1 aromatic heterocycles. The molecule has 0 fully saturated rings. The lowest BCUT2D eigenvalue weighted by Gasteiger charge is -2.26. The lowest BCUT2D eigenvalue weighted by atomic mass is 10.00. The second kappa shape index (κ2) is 4.83. The summed E-state index contributed by atoms with van der Waals surface area (Å²) in [4.78, 5) is 0. The number of aromatic nitrogens is 2. The van der Waals surface area contributed by atoms with Gasteiger partial charge in [0.15, 0.2) is 0 Å². The molecule has 19 heavy (non-hydrogen) atoms. The molecular weight excluding hydrogens is 242 g/mol. The first-order valence-corrected chi connectivity index (χ1v) is 6.60. The van der Waals surface area contributed by atoms with Gasteiger partial charge in [-0.2, -0.15) is 5.10 Å². The summed E-state index contributed by atoms with van der Waals surface area (Å²) in [5.41, 5.74) is 8.08. The van der Waals surface area contributed by atoms with Crippen molar-refractivity contribution in [3.8, 4) is 5.75 Å². The predicted octanol–water partition coefficient (Wildman–Crippen LogP) is 1.85. The van der Waals surface area contributed by atoms with E-state index in [1.807, 2.05) is 29.9 Å². The third-order valence-electron chi connectivity index (χ3n) is 3.51. The molecule has 5 nitrogen and oxygen atoms in total. The molecule has 102 valence electrons. The van der Waals surface area contributed by atoms with Crippen molar-refractivity contribution in [2.24, 2.45) is 5.73 Å². The van der Waals surface area contributed by atoms with Crippen molar-refractivity contribution >= 4 is 10.9 Å². The Morgan fingerprint density at radius 1 is 1.58 bits per heavy atom. The molecule has 1 aliphatic rings. The SMILES string of the molecule is COC1CCOc2ccc3cnn(C[C@H](C)N)c3c21. The van der Waals surface area contributed by atoms with E-state index < -0.39 is 0 Å². The van der Waals surface area contributed by atoms with E-state index in [1.54, 1.807) is 7.11 Å². The molecule has 0 aliphatic carbocycles. The monoisotopic (exact) mass is 261 g/mol. The molecule has 1 aromatic carbocycles. The highest BCUT2D eigenvalue weighted by molar-refractivity contribution is 5.85. The number of nitrogens with zero attached hydrogens (tertiary/aromatic N) is 2. The standard InChI is InChI=1S/C14H19N3O2/c1-9(15)8-17-14-10(7-16-17)3-4-12-13(14)11(18-2)5-6-19-12/h3-4,7,9,11H,5-6,8,15H2,1-2H3/t9-,11?/m0/s1. The molecule has 2 N–H and O–H groups in total. The average molecular weight is 261 g/mol. The Hall–Kier alpha value is -1.59. The Labute approximate surface area is 112 Å². The summed E-state index contributed by atoms with van der Waals surface area (Å²) in [6, 6.07) is 4.10. The van der Waals surface area contributed by atoms with Crippen LogP contribution in [0.3, 0.4) is 0 Å². The highest BCUT2D eigenvalue weighted by Crippen LogP contribution is 2.39. The van der Waals surface area contributed by atoms with Crippen LogP contribution < -0.4 is 10.5 Å².